The molecule has 0 amide bonds. The molecule has 6 rings (SSSR count). The second-order valence-electron chi connectivity index (χ2n) is 14.3. The first-order valence-corrected chi connectivity index (χ1v) is 18.2. The van der Waals surface area contributed by atoms with Crippen molar-refractivity contribution in [2.75, 3.05) is 36.0 Å². The van der Waals surface area contributed by atoms with Crippen LogP contribution in [0.15, 0.2) is 66.7 Å². The lowest BCUT2D eigenvalue weighted by molar-refractivity contribution is -0.136. The first kappa shape index (κ1) is 36.3. The third kappa shape index (κ3) is 8.98. The molecule has 0 atom stereocenters. The van der Waals surface area contributed by atoms with E-state index in [1.165, 1.54) is 22.3 Å². The van der Waals surface area contributed by atoms with Crippen molar-refractivity contribution in [1.82, 2.24) is 4.90 Å². The Hall–Kier alpha value is -3.98. The van der Waals surface area contributed by atoms with Gasteiger partial charge in [0.1, 0.15) is 11.9 Å². The van der Waals surface area contributed by atoms with Crippen molar-refractivity contribution in [1.29, 1.82) is 0 Å². The van der Waals surface area contributed by atoms with Gasteiger partial charge in [0.05, 0.1) is 24.3 Å². The zero-order valence-corrected chi connectivity index (χ0v) is 31.0. The quantitative estimate of drug-likeness (QED) is 0.159. The van der Waals surface area contributed by atoms with Crippen molar-refractivity contribution in [3.8, 4) is 28.0 Å². The minimum Gasteiger partial charge on any atom is -0.490 e. The minimum atomic E-state index is -0.815. The maximum Gasteiger partial charge on any atom is 0.307 e. The van der Waals surface area contributed by atoms with Gasteiger partial charge in [-0.1, -0.05) is 47.8 Å². The van der Waals surface area contributed by atoms with Gasteiger partial charge in [-0.05, 0) is 137 Å². The van der Waals surface area contributed by atoms with E-state index in [0.717, 1.165) is 83.1 Å². The molecule has 7 nitrogen and oxygen atoms in total. The van der Waals surface area contributed by atoms with E-state index in [4.69, 9.17) is 9.84 Å². The Bertz CT molecular complexity index is 1770. The maximum atomic E-state index is 12.1. The Morgan fingerprint density at radius 2 is 1.53 bits per heavy atom. The van der Waals surface area contributed by atoms with Gasteiger partial charge in [-0.25, -0.2) is 0 Å². The van der Waals surface area contributed by atoms with E-state index in [-0.39, 0.29) is 12.5 Å². The number of carboxylic acids is 1. The molecule has 0 aliphatic carbocycles. The third-order valence-corrected chi connectivity index (χ3v) is 9.79. The number of anilines is 3. The number of carboxylic acid groups (broad SMARTS) is 1. The number of piperidine rings is 1. The van der Waals surface area contributed by atoms with E-state index < -0.39 is 11.6 Å². The molecule has 8 heteroatoms. The number of nitrogens with one attached hydrogen (secondary N) is 1. The Labute approximate surface area is 296 Å². The highest BCUT2D eigenvalue weighted by molar-refractivity contribution is 7.99. The van der Waals surface area contributed by atoms with E-state index in [9.17, 15) is 9.90 Å². The molecule has 1 fully saturated rings. The monoisotopic (exact) mass is 681 g/mol. The van der Waals surface area contributed by atoms with Gasteiger partial charge in [-0.3, -0.25) is 4.79 Å². The van der Waals surface area contributed by atoms with Gasteiger partial charge in [-0.15, -0.1) is 0 Å². The largest absolute Gasteiger partial charge is 0.490 e. The van der Waals surface area contributed by atoms with Gasteiger partial charge in [0.25, 0.3) is 0 Å². The van der Waals surface area contributed by atoms with Crippen molar-refractivity contribution >= 4 is 35.0 Å². The summed E-state index contributed by atoms with van der Waals surface area (Å²) in [6.07, 6.45) is 4.49. The van der Waals surface area contributed by atoms with Crippen molar-refractivity contribution < 1.29 is 19.7 Å². The lowest BCUT2D eigenvalue weighted by Gasteiger charge is -2.36. The smallest absolute Gasteiger partial charge is 0.307 e. The zero-order valence-electron chi connectivity index (χ0n) is 30.2. The topological polar surface area (TPSA) is 85.3 Å². The van der Waals surface area contributed by atoms with E-state index in [1.807, 2.05) is 0 Å². The second-order valence-corrected chi connectivity index (χ2v) is 15.1. The highest BCUT2D eigenvalue weighted by atomic mass is 32.2. The summed E-state index contributed by atoms with van der Waals surface area (Å²) in [6, 6.07) is 23.3. The first-order chi connectivity index (χ1) is 23.2. The van der Waals surface area contributed by atoms with E-state index in [0.29, 0.717) is 0 Å². The number of aliphatic hydroxyl groups is 1. The third-order valence-electron chi connectivity index (χ3n) is 9.03. The van der Waals surface area contributed by atoms with Gasteiger partial charge in [-0.2, -0.15) is 0 Å². The lowest BCUT2D eigenvalue weighted by atomic mass is 9.81. The number of carbonyl (C=O) groups is 1. The van der Waals surface area contributed by atoms with Gasteiger partial charge in [0.2, 0.25) is 0 Å². The van der Waals surface area contributed by atoms with Crippen LogP contribution in [-0.2, 0) is 17.8 Å². The normalized spacial score (nSPS) is 14.8. The standard InChI is InChI=1S/C37H41N3O3S.C4H10O/c1-23-6-8-26(9-7-23)35-25(3)36-32-15-12-29(20-27(32)22-40(44-5)37(36)24(2)33(35)21-34(41)42)38-28-10-13-30(14-11-28)43-31-16-18-39(4)19-17-31;1-4(2,3)5/h6-15,20,31,38H,16-19,21-22H2,1-5H3,(H,41,42);5H,1-3H3. The van der Waals surface area contributed by atoms with E-state index in [2.05, 4.69) is 115 Å². The molecule has 0 unspecified atom stereocenters. The van der Waals surface area contributed by atoms with Crippen LogP contribution in [-0.4, -0.2) is 59.2 Å². The Balaban J connectivity index is 0.000000874. The van der Waals surface area contributed by atoms with Crippen LogP contribution in [0.2, 0.25) is 0 Å². The van der Waals surface area contributed by atoms with Crippen LogP contribution in [0, 0.1) is 20.8 Å². The number of hydrogen-bond acceptors (Lipinski definition) is 7. The molecule has 4 aromatic rings. The molecule has 0 radical (unpaired) electrons. The highest BCUT2D eigenvalue weighted by Crippen LogP contribution is 2.50. The fraction of sp³-hybridized carbons (Fsp3) is 0.390. The van der Waals surface area contributed by atoms with E-state index in [1.54, 1.807) is 32.7 Å². The molecule has 4 aromatic carbocycles. The molecule has 2 aliphatic heterocycles. The summed E-state index contributed by atoms with van der Waals surface area (Å²) in [5.74, 6) is 0.102. The highest BCUT2D eigenvalue weighted by Gasteiger charge is 2.30. The molecular weight excluding hydrogens is 631 g/mol. The lowest BCUT2D eigenvalue weighted by Crippen LogP contribution is -2.35. The number of benzene rings is 4. The van der Waals surface area contributed by atoms with Crippen LogP contribution in [0.1, 0.15) is 61.4 Å². The molecule has 2 heterocycles. The number of fused-ring (bicyclic) bond motifs is 3. The van der Waals surface area contributed by atoms with Crippen molar-refractivity contribution in [3.63, 3.8) is 0 Å². The Morgan fingerprint density at radius 3 is 2.12 bits per heavy atom. The van der Waals surface area contributed by atoms with Crippen molar-refractivity contribution in [2.45, 2.75) is 79.1 Å². The van der Waals surface area contributed by atoms with Gasteiger partial charge >= 0.3 is 5.97 Å². The number of ether oxygens (including phenoxy) is 1. The van der Waals surface area contributed by atoms with E-state index >= 15 is 0 Å². The summed E-state index contributed by atoms with van der Waals surface area (Å²) in [5.41, 5.74) is 12.6. The zero-order chi connectivity index (χ0) is 35.5. The number of likely N-dealkylation sites (tertiary alicyclic amines) is 1. The predicted molar refractivity (Wildman–Crippen MR) is 205 cm³/mol. The van der Waals surface area contributed by atoms with Crippen molar-refractivity contribution in [3.05, 3.63) is 94.5 Å². The SMILES string of the molecule is CC(C)(C)O.CSN1Cc2cc(Nc3ccc(OC4CCN(C)CC4)cc3)ccc2-c2c(C)c(-c3ccc(C)cc3)c(CC(=O)O)c(C)c21. The Kier molecular flexibility index (Phi) is 11.3. The molecule has 49 heavy (non-hydrogen) atoms. The molecular formula is C41H51N3O4S. The number of rotatable bonds is 8. The summed E-state index contributed by atoms with van der Waals surface area (Å²) in [4.78, 5) is 14.4. The van der Waals surface area contributed by atoms with Gasteiger partial charge in [0.15, 0.2) is 0 Å². The van der Waals surface area contributed by atoms with Crippen LogP contribution in [0.3, 0.4) is 0 Å². The summed E-state index contributed by atoms with van der Waals surface area (Å²) in [7, 11) is 2.16. The van der Waals surface area contributed by atoms with Gasteiger partial charge in [0, 0.05) is 36.3 Å². The first-order valence-electron chi connectivity index (χ1n) is 17.1. The molecule has 0 spiro atoms. The summed E-state index contributed by atoms with van der Waals surface area (Å²) >= 11 is 1.68. The predicted octanol–water partition coefficient (Wildman–Crippen LogP) is 9.16. The average Bonchev–Trinajstić information content (AvgIpc) is 3.04. The summed E-state index contributed by atoms with van der Waals surface area (Å²) in [5, 5.41) is 22.0. The van der Waals surface area contributed by atoms with Crippen LogP contribution >= 0.6 is 11.9 Å². The molecule has 2 aliphatic rings. The van der Waals surface area contributed by atoms with Crippen LogP contribution in [0.25, 0.3) is 22.3 Å². The number of aryl methyl sites for hydroxylation is 1. The minimum absolute atomic E-state index is 0.0110. The fourth-order valence-electron chi connectivity index (χ4n) is 6.69. The van der Waals surface area contributed by atoms with Crippen molar-refractivity contribution in [2.24, 2.45) is 0 Å². The van der Waals surface area contributed by atoms with Gasteiger partial charge < -0.3 is 29.5 Å². The molecule has 260 valence electrons. The fourth-order valence-corrected chi connectivity index (χ4v) is 7.36. The molecule has 0 saturated carbocycles. The maximum absolute atomic E-state index is 12.1. The summed E-state index contributed by atoms with van der Waals surface area (Å²) in [6.45, 7) is 14.4. The summed E-state index contributed by atoms with van der Waals surface area (Å²) < 4.78 is 8.55. The molecule has 0 aromatic heterocycles. The molecule has 0 bridgehead atoms. The number of nitrogens with zero attached hydrogens (tertiary/aromatic N) is 2. The Morgan fingerprint density at radius 1 is 0.918 bits per heavy atom. The number of aliphatic carboxylic acids is 1. The van der Waals surface area contributed by atoms with Crippen LogP contribution in [0.5, 0.6) is 5.75 Å². The average molecular weight is 682 g/mol. The molecule has 1 saturated heterocycles. The second kappa shape index (κ2) is 15.3. The number of hydrogen-bond donors (Lipinski definition) is 3. The van der Waals surface area contributed by atoms with Crippen LogP contribution < -0.4 is 14.4 Å². The molecule has 3 N–H and O–H groups in total. The van der Waals surface area contributed by atoms with Crippen LogP contribution in [0.4, 0.5) is 17.1 Å².